The lowest BCUT2D eigenvalue weighted by atomic mass is 10.1. The molecule has 0 atom stereocenters. The summed E-state index contributed by atoms with van der Waals surface area (Å²) in [4.78, 5) is 3.23. The van der Waals surface area contributed by atoms with Crippen molar-refractivity contribution in [3.63, 3.8) is 0 Å². The number of rotatable bonds is 2. The van der Waals surface area contributed by atoms with E-state index in [1.54, 1.807) is 7.11 Å². The van der Waals surface area contributed by atoms with Crippen molar-refractivity contribution in [1.29, 1.82) is 0 Å². The molecule has 0 fully saturated rings. The molecule has 0 aliphatic rings. The highest BCUT2D eigenvalue weighted by atomic mass is 16.5. The molecule has 0 amide bonds. The summed E-state index contributed by atoms with van der Waals surface area (Å²) in [5, 5.41) is 1.27. The van der Waals surface area contributed by atoms with E-state index < -0.39 is 0 Å². The highest BCUT2D eigenvalue weighted by molar-refractivity contribution is 5.84. The highest BCUT2D eigenvalue weighted by Gasteiger charge is 2.02. The average molecular weight is 219 g/mol. The second-order valence-electron chi connectivity index (χ2n) is 3.79. The van der Waals surface area contributed by atoms with Gasteiger partial charge in [-0.15, -0.1) is 0 Å². The van der Waals surface area contributed by atoms with E-state index in [9.17, 15) is 0 Å². The minimum atomic E-state index is 0.918. The fourth-order valence-corrected chi connectivity index (χ4v) is 1.58. The molecule has 16 heavy (non-hydrogen) atoms. The Morgan fingerprint density at radius 3 is 2.44 bits per heavy atom. The molecular formula is C14H21NO. The molecule has 1 aromatic carbocycles. The fourth-order valence-electron chi connectivity index (χ4n) is 1.58. The molecule has 2 rings (SSSR count). The van der Waals surface area contributed by atoms with E-state index in [1.807, 2.05) is 12.1 Å². The van der Waals surface area contributed by atoms with Gasteiger partial charge in [0.1, 0.15) is 5.75 Å². The zero-order chi connectivity index (χ0) is 12.0. The molecule has 0 saturated heterocycles. The van der Waals surface area contributed by atoms with Gasteiger partial charge in [0.2, 0.25) is 0 Å². The summed E-state index contributed by atoms with van der Waals surface area (Å²) in [5.41, 5.74) is 2.52. The van der Waals surface area contributed by atoms with Crippen molar-refractivity contribution in [2.45, 2.75) is 33.6 Å². The molecule has 88 valence electrons. The predicted molar refractivity (Wildman–Crippen MR) is 70.2 cm³/mol. The maximum atomic E-state index is 5.18. The van der Waals surface area contributed by atoms with E-state index in [0.717, 1.165) is 12.2 Å². The predicted octanol–water partition coefficient (Wildman–Crippen LogP) is 4.16. The molecule has 0 aliphatic heterocycles. The van der Waals surface area contributed by atoms with Crippen LogP contribution in [0.2, 0.25) is 0 Å². The van der Waals surface area contributed by atoms with E-state index in [4.69, 9.17) is 4.74 Å². The van der Waals surface area contributed by atoms with Gasteiger partial charge in [0, 0.05) is 17.1 Å². The standard InChI is InChI=1S/C11H13NO.C3H8/c1-3-8-7-12-11-5-4-9(13-2)6-10(8)11;1-3-2/h4-7,12H,3H2,1-2H3;3H2,1-2H3. The van der Waals surface area contributed by atoms with Gasteiger partial charge >= 0.3 is 0 Å². The molecule has 2 nitrogen and oxygen atoms in total. The Labute approximate surface area is 97.6 Å². The van der Waals surface area contributed by atoms with E-state index in [1.165, 1.54) is 22.9 Å². The van der Waals surface area contributed by atoms with Crippen molar-refractivity contribution in [2.75, 3.05) is 7.11 Å². The van der Waals surface area contributed by atoms with Crippen LogP contribution < -0.4 is 4.74 Å². The van der Waals surface area contributed by atoms with Crippen molar-refractivity contribution in [1.82, 2.24) is 4.98 Å². The zero-order valence-electron chi connectivity index (χ0n) is 10.6. The molecule has 0 radical (unpaired) electrons. The largest absolute Gasteiger partial charge is 0.497 e. The number of benzene rings is 1. The van der Waals surface area contributed by atoms with Gasteiger partial charge in [-0.05, 0) is 30.2 Å². The summed E-state index contributed by atoms with van der Waals surface area (Å²) in [5.74, 6) is 0.918. The SMILES string of the molecule is CCC.CCc1c[nH]c2ccc(OC)cc12. The van der Waals surface area contributed by atoms with Crippen LogP contribution in [0.25, 0.3) is 10.9 Å². The fraction of sp³-hybridized carbons (Fsp3) is 0.429. The molecule has 0 unspecified atom stereocenters. The Balaban J connectivity index is 0.000000386. The van der Waals surface area contributed by atoms with Gasteiger partial charge in [0.15, 0.2) is 0 Å². The van der Waals surface area contributed by atoms with Crippen molar-refractivity contribution in [3.8, 4) is 5.75 Å². The minimum absolute atomic E-state index is 0.918. The second kappa shape index (κ2) is 6.21. The lowest BCUT2D eigenvalue weighted by Gasteiger charge is -1.99. The topological polar surface area (TPSA) is 25.0 Å². The second-order valence-corrected chi connectivity index (χ2v) is 3.79. The summed E-state index contributed by atoms with van der Waals surface area (Å²) < 4.78 is 5.18. The maximum Gasteiger partial charge on any atom is 0.119 e. The van der Waals surface area contributed by atoms with Gasteiger partial charge in [0.05, 0.1) is 7.11 Å². The molecular weight excluding hydrogens is 198 g/mol. The Hall–Kier alpha value is -1.44. The number of H-pyrrole nitrogens is 1. The minimum Gasteiger partial charge on any atom is -0.497 e. The Morgan fingerprint density at radius 2 is 1.88 bits per heavy atom. The molecule has 1 aromatic heterocycles. The van der Waals surface area contributed by atoms with Gasteiger partial charge < -0.3 is 9.72 Å². The third kappa shape index (κ3) is 2.78. The number of fused-ring (bicyclic) bond motifs is 1. The molecule has 1 N–H and O–H groups in total. The van der Waals surface area contributed by atoms with Crippen molar-refractivity contribution in [2.24, 2.45) is 0 Å². The Bertz CT molecular complexity index is 431. The van der Waals surface area contributed by atoms with Gasteiger partial charge in [0.25, 0.3) is 0 Å². The first kappa shape index (κ1) is 12.6. The molecule has 1 heterocycles. The third-order valence-corrected chi connectivity index (χ3v) is 2.36. The molecule has 2 aromatic rings. The van der Waals surface area contributed by atoms with Gasteiger partial charge in [-0.1, -0.05) is 27.2 Å². The van der Waals surface area contributed by atoms with Crippen LogP contribution in [0.1, 0.15) is 32.8 Å². The molecule has 0 bridgehead atoms. The molecule has 2 heteroatoms. The van der Waals surface area contributed by atoms with Gasteiger partial charge in [-0.3, -0.25) is 0 Å². The quantitative estimate of drug-likeness (QED) is 0.806. The van der Waals surface area contributed by atoms with E-state index in [0.29, 0.717) is 0 Å². The number of aromatic nitrogens is 1. The Morgan fingerprint density at radius 1 is 1.19 bits per heavy atom. The van der Waals surface area contributed by atoms with Crippen LogP contribution in [0.4, 0.5) is 0 Å². The first-order valence-corrected chi connectivity index (χ1v) is 5.90. The van der Waals surface area contributed by atoms with Crippen LogP contribution in [0.5, 0.6) is 5.75 Å². The summed E-state index contributed by atoms with van der Waals surface area (Å²) >= 11 is 0. The van der Waals surface area contributed by atoms with Crippen LogP contribution in [0, 0.1) is 0 Å². The number of methoxy groups -OCH3 is 1. The highest BCUT2D eigenvalue weighted by Crippen LogP contribution is 2.23. The number of nitrogens with one attached hydrogen (secondary N) is 1. The monoisotopic (exact) mass is 219 g/mol. The maximum absolute atomic E-state index is 5.18. The van der Waals surface area contributed by atoms with Crippen LogP contribution in [0.3, 0.4) is 0 Å². The number of ether oxygens (including phenoxy) is 1. The summed E-state index contributed by atoms with van der Waals surface area (Å²) in [6.45, 7) is 6.40. The first-order chi connectivity index (χ1) is 7.76. The zero-order valence-corrected chi connectivity index (χ0v) is 10.6. The third-order valence-electron chi connectivity index (χ3n) is 2.36. The number of aromatic amines is 1. The van der Waals surface area contributed by atoms with Crippen LogP contribution in [0.15, 0.2) is 24.4 Å². The lowest BCUT2D eigenvalue weighted by Crippen LogP contribution is -1.82. The van der Waals surface area contributed by atoms with Crippen molar-refractivity contribution < 1.29 is 4.74 Å². The van der Waals surface area contributed by atoms with E-state index >= 15 is 0 Å². The van der Waals surface area contributed by atoms with Gasteiger partial charge in [-0.2, -0.15) is 0 Å². The van der Waals surface area contributed by atoms with E-state index in [-0.39, 0.29) is 0 Å². The average Bonchev–Trinajstić information content (AvgIpc) is 2.71. The van der Waals surface area contributed by atoms with E-state index in [2.05, 4.69) is 38.0 Å². The molecule has 0 spiro atoms. The van der Waals surface area contributed by atoms with Crippen molar-refractivity contribution >= 4 is 10.9 Å². The van der Waals surface area contributed by atoms with Gasteiger partial charge in [-0.25, -0.2) is 0 Å². The molecule has 0 aliphatic carbocycles. The van der Waals surface area contributed by atoms with Crippen LogP contribution >= 0.6 is 0 Å². The first-order valence-electron chi connectivity index (χ1n) is 5.90. The molecule has 0 saturated carbocycles. The smallest absolute Gasteiger partial charge is 0.119 e. The lowest BCUT2D eigenvalue weighted by molar-refractivity contribution is 0.415. The summed E-state index contributed by atoms with van der Waals surface area (Å²) in [7, 11) is 1.69. The normalized spacial score (nSPS) is 9.75. The summed E-state index contributed by atoms with van der Waals surface area (Å²) in [6.07, 6.45) is 4.36. The number of hydrogen-bond donors (Lipinski definition) is 1. The number of aryl methyl sites for hydroxylation is 1. The summed E-state index contributed by atoms with van der Waals surface area (Å²) in [6, 6.07) is 6.09. The number of hydrogen-bond acceptors (Lipinski definition) is 1. The Kier molecular flexibility index (Phi) is 4.90. The van der Waals surface area contributed by atoms with Crippen LogP contribution in [-0.4, -0.2) is 12.1 Å². The van der Waals surface area contributed by atoms with Crippen molar-refractivity contribution in [3.05, 3.63) is 30.0 Å². The van der Waals surface area contributed by atoms with Crippen LogP contribution in [-0.2, 0) is 6.42 Å².